The molecule has 1 unspecified atom stereocenters. The molecule has 5 heteroatoms. The number of nitrogens with one attached hydrogen (secondary N) is 3. The van der Waals surface area contributed by atoms with Gasteiger partial charge in [-0.25, -0.2) is 0 Å². The molecule has 0 aliphatic rings. The fourth-order valence-electron chi connectivity index (χ4n) is 1.53. The lowest BCUT2D eigenvalue weighted by atomic mass is 10.1. The van der Waals surface area contributed by atoms with Crippen LogP contribution in [0.4, 0.5) is 5.69 Å². The molecule has 0 aliphatic carbocycles. The lowest BCUT2D eigenvalue weighted by Gasteiger charge is -2.11. The van der Waals surface area contributed by atoms with Crippen molar-refractivity contribution in [2.75, 3.05) is 18.9 Å². The third kappa shape index (κ3) is 5.09. The van der Waals surface area contributed by atoms with E-state index in [2.05, 4.69) is 16.0 Å². The van der Waals surface area contributed by atoms with E-state index < -0.39 is 0 Å². The van der Waals surface area contributed by atoms with E-state index in [1.807, 2.05) is 19.1 Å². The van der Waals surface area contributed by atoms with Crippen molar-refractivity contribution >= 4 is 17.5 Å². The van der Waals surface area contributed by atoms with Crippen LogP contribution in [0, 0.1) is 0 Å². The molecule has 0 aliphatic heterocycles. The molecule has 0 spiro atoms. The van der Waals surface area contributed by atoms with Crippen LogP contribution in [0.5, 0.6) is 0 Å². The van der Waals surface area contributed by atoms with Crippen molar-refractivity contribution in [3.8, 4) is 0 Å². The van der Waals surface area contributed by atoms with Gasteiger partial charge in [0.05, 0.1) is 12.5 Å². The summed E-state index contributed by atoms with van der Waals surface area (Å²) in [7, 11) is 1.74. The summed E-state index contributed by atoms with van der Waals surface area (Å²) < 4.78 is 0. The summed E-state index contributed by atoms with van der Waals surface area (Å²) in [5.41, 5.74) is 1.65. The third-order valence-corrected chi connectivity index (χ3v) is 2.79. The number of hydrogen-bond acceptors (Lipinski definition) is 3. The van der Waals surface area contributed by atoms with E-state index >= 15 is 0 Å². The second-order valence-electron chi connectivity index (χ2n) is 4.33. The van der Waals surface area contributed by atoms with Crippen LogP contribution < -0.4 is 16.0 Å². The molecule has 1 aromatic carbocycles. The SMILES string of the molecule is CCNC(=O)Cc1ccc(NC(=O)C(C)NC)cc1. The monoisotopic (exact) mass is 263 g/mol. The zero-order valence-electron chi connectivity index (χ0n) is 11.6. The number of hydrogen-bond donors (Lipinski definition) is 3. The second kappa shape index (κ2) is 7.53. The summed E-state index contributed by atoms with van der Waals surface area (Å²) in [5.74, 6) is -0.0814. The van der Waals surface area contributed by atoms with E-state index in [0.717, 1.165) is 11.3 Å². The number of carbonyl (C=O) groups is 2. The highest BCUT2D eigenvalue weighted by Gasteiger charge is 2.10. The van der Waals surface area contributed by atoms with Gasteiger partial charge in [0, 0.05) is 12.2 Å². The Hall–Kier alpha value is -1.88. The van der Waals surface area contributed by atoms with Gasteiger partial charge >= 0.3 is 0 Å². The molecule has 5 nitrogen and oxygen atoms in total. The van der Waals surface area contributed by atoms with Gasteiger partial charge in [-0.1, -0.05) is 12.1 Å². The number of amides is 2. The summed E-state index contributed by atoms with van der Waals surface area (Å²) in [6.07, 6.45) is 0.356. The molecule has 1 atom stereocenters. The van der Waals surface area contributed by atoms with Crippen molar-refractivity contribution in [1.29, 1.82) is 0 Å². The van der Waals surface area contributed by atoms with Gasteiger partial charge in [-0.3, -0.25) is 9.59 Å². The first-order chi connectivity index (χ1) is 9.06. The van der Waals surface area contributed by atoms with Gasteiger partial charge in [-0.2, -0.15) is 0 Å². The first kappa shape index (κ1) is 15.2. The minimum atomic E-state index is -0.241. The highest BCUT2D eigenvalue weighted by atomic mass is 16.2. The molecule has 0 radical (unpaired) electrons. The third-order valence-electron chi connectivity index (χ3n) is 2.79. The molecule has 19 heavy (non-hydrogen) atoms. The van der Waals surface area contributed by atoms with Crippen LogP contribution in [0.15, 0.2) is 24.3 Å². The number of anilines is 1. The fraction of sp³-hybridized carbons (Fsp3) is 0.429. The maximum atomic E-state index is 11.7. The lowest BCUT2D eigenvalue weighted by Crippen LogP contribution is -2.35. The highest BCUT2D eigenvalue weighted by Crippen LogP contribution is 2.10. The maximum absolute atomic E-state index is 11.7. The smallest absolute Gasteiger partial charge is 0.241 e. The minimum Gasteiger partial charge on any atom is -0.356 e. The van der Waals surface area contributed by atoms with Crippen LogP contribution >= 0.6 is 0 Å². The van der Waals surface area contributed by atoms with Gasteiger partial charge in [0.25, 0.3) is 0 Å². The molecule has 0 saturated heterocycles. The molecule has 0 saturated carbocycles. The van der Waals surface area contributed by atoms with Gasteiger partial charge in [0.1, 0.15) is 0 Å². The van der Waals surface area contributed by atoms with Gasteiger partial charge in [0.15, 0.2) is 0 Å². The number of likely N-dealkylation sites (N-methyl/N-ethyl adjacent to an activating group) is 2. The Morgan fingerprint density at radius 2 is 1.84 bits per heavy atom. The lowest BCUT2D eigenvalue weighted by molar-refractivity contribution is -0.120. The average Bonchev–Trinajstić information content (AvgIpc) is 2.40. The molecule has 1 aromatic rings. The largest absolute Gasteiger partial charge is 0.356 e. The highest BCUT2D eigenvalue weighted by molar-refractivity contribution is 5.94. The number of rotatable bonds is 6. The predicted molar refractivity (Wildman–Crippen MR) is 76.0 cm³/mol. The van der Waals surface area contributed by atoms with Crippen molar-refractivity contribution in [2.45, 2.75) is 26.3 Å². The Morgan fingerprint density at radius 1 is 1.21 bits per heavy atom. The van der Waals surface area contributed by atoms with Gasteiger partial charge in [-0.05, 0) is 38.6 Å². The molecule has 0 heterocycles. The molecule has 3 N–H and O–H groups in total. The summed E-state index contributed by atoms with van der Waals surface area (Å²) >= 11 is 0. The van der Waals surface area contributed by atoms with E-state index in [-0.39, 0.29) is 17.9 Å². The molecule has 0 aromatic heterocycles. The van der Waals surface area contributed by atoms with Crippen molar-refractivity contribution < 1.29 is 9.59 Å². The average molecular weight is 263 g/mol. The minimum absolute atomic E-state index is 0.00286. The summed E-state index contributed by atoms with van der Waals surface area (Å²) in [5, 5.41) is 8.41. The molecule has 104 valence electrons. The van der Waals surface area contributed by atoms with Gasteiger partial charge < -0.3 is 16.0 Å². The fourth-order valence-corrected chi connectivity index (χ4v) is 1.53. The summed E-state index contributed by atoms with van der Waals surface area (Å²) in [4.78, 5) is 23.1. The maximum Gasteiger partial charge on any atom is 0.241 e. The molecular formula is C14H21N3O2. The molecule has 2 amide bonds. The van der Waals surface area contributed by atoms with Crippen LogP contribution in [0.2, 0.25) is 0 Å². The van der Waals surface area contributed by atoms with Crippen LogP contribution in [0.1, 0.15) is 19.4 Å². The van der Waals surface area contributed by atoms with E-state index in [0.29, 0.717) is 13.0 Å². The first-order valence-corrected chi connectivity index (χ1v) is 6.40. The van der Waals surface area contributed by atoms with Crippen LogP contribution in [-0.4, -0.2) is 31.4 Å². The molecule has 0 bridgehead atoms. The quantitative estimate of drug-likeness (QED) is 0.714. The Labute approximate surface area is 113 Å². The standard InChI is InChI=1S/C14H21N3O2/c1-4-16-13(18)9-11-5-7-12(8-6-11)17-14(19)10(2)15-3/h5-8,10,15H,4,9H2,1-3H3,(H,16,18)(H,17,19). The van der Waals surface area contributed by atoms with E-state index in [9.17, 15) is 9.59 Å². The van der Waals surface area contributed by atoms with Crippen LogP contribution in [0.25, 0.3) is 0 Å². The molecule has 1 rings (SSSR count). The summed E-state index contributed by atoms with van der Waals surface area (Å²) in [6.45, 7) is 4.31. The Balaban J connectivity index is 2.56. The second-order valence-corrected chi connectivity index (χ2v) is 4.33. The Bertz CT molecular complexity index is 429. The topological polar surface area (TPSA) is 70.2 Å². The van der Waals surface area contributed by atoms with Crippen molar-refractivity contribution in [1.82, 2.24) is 10.6 Å². The van der Waals surface area contributed by atoms with Gasteiger partial charge in [-0.15, -0.1) is 0 Å². The molecular weight excluding hydrogens is 242 g/mol. The normalized spacial score (nSPS) is 11.7. The van der Waals surface area contributed by atoms with Gasteiger partial charge in [0.2, 0.25) is 11.8 Å². The zero-order valence-corrected chi connectivity index (χ0v) is 11.6. The number of benzene rings is 1. The van der Waals surface area contributed by atoms with Crippen molar-refractivity contribution in [2.24, 2.45) is 0 Å². The van der Waals surface area contributed by atoms with E-state index in [4.69, 9.17) is 0 Å². The first-order valence-electron chi connectivity index (χ1n) is 6.40. The number of carbonyl (C=O) groups excluding carboxylic acids is 2. The van der Waals surface area contributed by atoms with Crippen LogP contribution in [0.3, 0.4) is 0 Å². The molecule has 0 fully saturated rings. The van der Waals surface area contributed by atoms with E-state index in [1.54, 1.807) is 26.1 Å². The van der Waals surface area contributed by atoms with Crippen molar-refractivity contribution in [3.05, 3.63) is 29.8 Å². The van der Waals surface area contributed by atoms with Crippen LogP contribution in [-0.2, 0) is 16.0 Å². The predicted octanol–water partition coefficient (Wildman–Crippen LogP) is 0.912. The summed E-state index contributed by atoms with van der Waals surface area (Å²) in [6, 6.07) is 7.04. The van der Waals surface area contributed by atoms with Crippen molar-refractivity contribution in [3.63, 3.8) is 0 Å². The Kier molecular flexibility index (Phi) is 6.02. The zero-order chi connectivity index (χ0) is 14.3. The Morgan fingerprint density at radius 3 is 2.37 bits per heavy atom. The van der Waals surface area contributed by atoms with E-state index in [1.165, 1.54) is 0 Å².